The summed E-state index contributed by atoms with van der Waals surface area (Å²) in [6.07, 6.45) is 1.16. The van der Waals surface area contributed by atoms with Gasteiger partial charge in [-0.05, 0) is 60.4 Å². The van der Waals surface area contributed by atoms with Crippen molar-refractivity contribution in [2.24, 2.45) is 0 Å². The van der Waals surface area contributed by atoms with Crippen LogP contribution in [0.15, 0.2) is 66.7 Å². The highest BCUT2D eigenvalue weighted by atomic mass is 35.5. The van der Waals surface area contributed by atoms with Crippen molar-refractivity contribution < 1.29 is 19.5 Å². The smallest absolute Gasteiger partial charge is 0.326 e. The minimum Gasteiger partial charge on any atom is -0.480 e. The standard InChI is InChI=1S/C25H21Cl2N3O4/c26-19-3-1-4-20(27)22(19)29-25(34)28-18-12-10-16(11-13-18)15-6-8-17(9-7-15)23(31)30-14-2-5-21(30)24(32)33/h1,3-4,6-13,21H,2,5,14H2,(H,32,33)(H2,28,29,34)/t21-/m1/s1. The fourth-order valence-electron chi connectivity index (χ4n) is 3.88. The SMILES string of the molecule is O=C(Nc1ccc(-c2ccc(C(=O)N3CCC[C@@H]3C(=O)O)cc2)cc1)Nc1c(Cl)cccc1Cl. The van der Waals surface area contributed by atoms with E-state index < -0.39 is 18.0 Å². The van der Waals surface area contributed by atoms with Crippen molar-refractivity contribution in [2.75, 3.05) is 17.2 Å². The molecule has 0 saturated carbocycles. The highest BCUT2D eigenvalue weighted by molar-refractivity contribution is 6.39. The van der Waals surface area contributed by atoms with E-state index in [1.54, 1.807) is 42.5 Å². The Hall–Kier alpha value is -3.55. The molecule has 174 valence electrons. The van der Waals surface area contributed by atoms with Crippen LogP contribution in [0.1, 0.15) is 23.2 Å². The Morgan fingerprint density at radius 2 is 1.44 bits per heavy atom. The average Bonchev–Trinajstić information content (AvgIpc) is 3.32. The number of para-hydroxylation sites is 1. The van der Waals surface area contributed by atoms with Crippen LogP contribution in [0.4, 0.5) is 16.2 Å². The zero-order chi connectivity index (χ0) is 24.2. The maximum Gasteiger partial charge on any atom is 0.326 e. The van der Waals surface area contributed by atoms with E-state index in [0.29, 0.717) is 46.4 Å². The van der Waals surface area contributed by atoms with Crippen LogP contribution >= 0.6 is 23.2 Å². The Bertz CT molecular complexity index is 1210. The largest absolute Gasteiger partial charge is 0.480 e. The number of carboxylic acids is 1. The number of amides is 3. The molecule has 0 spiro atoms. The summed E-state index contributed by atoms with van der Waals surface area (Å²) in [5.74, 6) is -1.25. The fourth-order valence-corrected chi connectivity index (χ4v) is 4.37. The summed E-state index contributed by atoms with van der Waals surface area (Å²) < 4.78 is 0. The molecular weight excluding hydrogens is 477 g/mol. The van der Waals surface area contributed by atoms with Crippen molar-refractivity contribution in [3.63, 3.8) is 0 Å². The molecule has 0 unspecified atom stereocenters. The molecule has 1 aliphatic rings. The van der Waals surface area contributed by atoms with Crippen molar-refractivity contribution in [2.45, 2.75) is 18.9 Å². The Kier molecular flexibility index (Phi) is 7.05. The maximum atomic E-state index is 12.7. The summed E-state index contributed by atoms with van der Waals surface area (Å²) in [6, 6.07) is 17.9. The van der Waals surface area contributed by atoms with Gasteiger partial charge in [0.15, 0.2) is 0 Å². The number of urea groups is 1. The molecule has 0 aliphatic carbocycles. The quantitative estimate of drug-likeness (QED) is 0.402. The first-order chi connectivity index (χ1) is 16.3. The van der Waals surface area contributed by atoms with E-state index in [1.807, 2.05) is 24.3 Å². The van der Waals surface area contributed by atoms with Gasteiger partial charge >= 0.3 is 12.0 Å². The molecule has 1 saturated heterocycles. The second-order valence-electron chi connectivity index (χ2n) is 7.83. The van der Waals surface area contributed by atoms with Gasteiger partial charge in [0.2, 0.25) is 0 Å². The number of carboxylic acid groups (broad SMARTS) is 1. The maximum absolute atomic E-state index is 12.7. The number of nitrogens with one attached hydrogen (secondary N) is 2. The van der Waals surface area contributed by atoms with Crippen LogP contribution in [0.5, 0.6) is 0 Å². The average molecular weight is 498 g/mol. The van der Waals surface area contributed by atoms with Gasteiger partial charge in [-0.15, -0.1) is 0 Å². The highest BCUT2D eigenvalue weighted by Crippen LogP contribution is 2.30. The molecule has 34 heavy (non-hydrogen) atoms. The molecule has 1 fully saturated rings. The van der Waals surface area contributed by atoms with Gasteiger partial charge in [0.1, 0.15) is 6.04 Å². The van der Waals surface area contributed by atoms with E-state index in [-0.39, 0.29) is 5.91 Å². The van der Waals surface area contributed by atoms with Gasteiger partial charge in [-0.3, -0.25) is 4.79 Å². The van der Waals surface area contributed by atoms with E-state index in [4.69, 9.17) is 23.2 Å². The first kappa shape index (κ1) is 23.6. The molecule has 0 radical (unpaired) electrons. The summed E-state index contributed by atoms with van der Waals surface area (Å²) in [5, 5.41) is 15.3. The van der Waals surface area contributed by atoms with Crippen molar-refractivity contribution >= 4 is 52.5 Å². The van der Waals surface area contributed by atoms with Crippen molar-refractivity contribution in [3.05, 3.63) is 82.3 Å². The van der Waals surface area contributed by atoms with Gasteiger partial charge in [-0.1, -0.05) is 53.5 Å². The number of rotatable bonds is 5. The number of carbonyl (C=O) groups is 3. The molecule has 1 aliphatic heterocycles. The van der Waals surface area contributed by atoms with Crippen LogP contribution in [0, 0.1) is 0 Å². The van der Waals surface area contributed by atoms with E-state index in [2.05, 4.69) is 10.6 Å². The molecular formula is C25H21Cl2N3O4. The summed E-state index contributed by atoms with van der Waals surface area (Å²) in [6.45, 7) is 0.447. The van der Waals surface area contributed by atoms with Crippen molar-refractivity contribution in [3.8, 4) is 11.1 Å². The zero-order valence-electron chi connectivity index (χ0n) is 17.9. The number of carbonyl (C=O) groups excluding carboxylic acids is 2. The number of likely N-dealkylation sites (tertiary alicyclic amines) is 1. The lowest BCUT2D eigenvalue weighted by Crippen LogP contribution is -2.40. The highest BCUT2D eigenvalue weighted by Gasteiger charge is 2.34. The van der Waals surface area contributed by atoms with Crippen LogP contribution in [0.25, 0.3) is 11.1 Å². The van der Waals surface area contributed by atoms with Crippen molar-refractivity contribution in [1.29, 1.82) is 0 Å². The number of hydrogen-bond acceptors (Lipinski definition) is 3. The molecule has 9 heteroatoms. The minimum absolute atomic E-state index is 0.277. The second-order valence-corrected chi connectivity index (χ2v) is 8.64. The van der Waals surface area contributed by atoms with Gasteiger partial charge in [0, 0.05) is 17.8 Å². The number of nitrogens with zero attached hydrogens (tertiary/aromatic N) is 1. The lowest BCUT2D eigenvalue weighted by atomic mass is 10.0. The Morgan fingerprint density at radius 1 is 0.853 bits per heavy atom. The predicted octanol–water partition coefficient (Wildman–Crippen LogP) is 5.99. The minimum atomic E-state index is -0.972. The molecule has 0 aromatic heterocycles. The lowest BCUT2D eigenvalue weighted by molar-refractivity contribution is -0.141. The van der Waals surface area contributed by atoms with Crippen LogP contribution in [-0.4, -0.2) is 40.5 Å². The van der Waals surface area contributed by atoms with E-state index in [9.17, 15) is 19.5 Å². The van der Waals surface area contributed by atoms with Crippen LogP contribution in [0.2, 0.25) is 10.0 Å². The van der Waals surface area contributed by atoms with Crippen molar-refractivity contribution in [1.82, 2.24) is 4.90 Å². The predicted molar refractivity (Wildman–Crippen MR) is 133 cm³/mol. The topological polar surface area (TPSA) is 98.7 Å². The van der Waals surface area contributed by atoms with Gasteiger partial charge in [-0.25, -0.2) is 9.59 Å². The van der Waals surface area contributed by atoms with Crippen LogP contribution in [-0.2, 0) is 4.79 Å². The van der Waals surface area contributed by atoms with Gasteiger partial charge in [0.25, 0.3) is 5.91 Å². The van der Waals surface area contributed by atoms with E-state index in [1.165, 1.54) is 4.90 Å². The van der Waals surface area contributed by atoms with Gasteiger partial charge in [-0.2, -0.15) is 0 Å². The number of aliphatic carboxylic acids is 1. The Labute approximate surface area is 206 Å². The van der Waals surface area contributed by atoms with Gasteiger partial charge in [0.05, 0.1) is 15.7 Å². The third-order valence-electron chi connectivity index (χ3n) is 5.61. The number of hydrogen-bond donors (Lipinski definition) is 3. The van der Waals surface area contributed by atoms with Gasteiger partial charge < -0.3 is 20.6 Å². The van der Waals surface area contributed by atoms with Crippen LogP contribution in [0.3, 0.4) is 0 Å². The zero-order valence-corrected chi connectivity index (χ0v) is 19.4. The third-order valence-corrected chi connectivity index (χ3v) is 6.24. The molecule has 0 bridgehead atoms. The molecule has 3 aromatic carbocycles. The molecule has 3 N–H and O–H groups in total. The monoisotopic (exact) mass is 497 g/mol. The first-order valence-corrected chi connectivity index (χ1v) is 11.4. The molecule has 3 amide bonds. The molecule has 7 nitrogen and oxygen atoms in total. The van der Waals surface area contributed by atoms with Crippen LogP contribution < -0.4 is 10.6 Å². The summed E-state index contributed by atoms with van der Waals surface area (Å²) in [5.41, 5.74) is 3.13. The number of anilines is 2. The molecule has 3 aromatic rings. The normalized spacial score (nSPS) is 15.1. The summed E-state index contributed by atoms with van der Waals surface area (Å²) in [4.78, 5) is 37.8. The lowest BCUT2D eigenvalue weighted by Gasteiger charge is -2.21. The second kappa shape index (κ2) is 10.2. The molecule has 1 heterocycles. The molecule has 1 atom stereocenters. The fraction of sp³-hybridized carbons (Fsp3) is 0.160. The number of halogens is 2. The first-order valence-electron chi connectivity index (χ1n) is 10.6. The Balaban J connectivity index is 1.40. The molecule has 4 rings (SSSR count). The van der Waals surface area contributed by atoms with E-state index >= 15 is 0 Å². The number of benzene rings is 3. The van der Waals surface area contributed by atoms with E-state index in [0.717, 1.165) is 11.1 Å². The third kappa shape index (κ3) is 5.16. The summed E-state index contributed by atoms with van der Waals surface area (Å²) in [7, 11) is 0. The summed E-state index contributed by atoms with van der Waals surface area (Å²) >= 11 is 12.2. The Morgan fingerprint density at radius 3 is 2.03 bits per heavy atom.